The maximum atomic E-state index is 12.3. The fourth-order valence-electron chi connectivity index (χ4n) is 3.05. The van der Waals surface area contributed by atoms with E-state index in [1.807, 2.05) is 13.8 Å². The molecule has 0 bridgehead atoms. The molecule has 7 nitrogen and oxygen atoms in total. The van der Waals surface area contributed by atoms with E-state index in [-0.39, 0.29) is 24.9 Å². The first-order valence-electron chi connectivity index (χ1n) is 8.52. The Morgan fingerprint density at radius 1 is 1.23 bits per heavy atom. The monoisotopic (exact) mass is 381 g/mol. The van der Waals surface area contributed by atoms with Crippen LogP contribution >= 0.6 is 11.6 Å². The highest BCUT2D eigenvalue weighted by Crippen LogP contribution is 2.38. The SMILES string of the molecule is CC(C)C1(C(=O)O)CCN(C(=O)CNC(=O)NCc2ccc(Cl)cc2)C1. The lowest BCUT2D eigenvalue weighted by molar-refractivity contribution is -0.151. The van der Waals surface area contributed by atoms with Crippen molar-refractivity contribution in [1.29, 1.82) is 0 Å². The van der Waals surface area contributed by atoms with Crippen LogP contribution in [0.4, 0.5) is 4.79 Å². The van der Waals surface area contributed by atoms with E-state index in [4.69, 9.17) is 11.6 Å². The van der Waals surface area contributed by atoms with Crippen molar-refractivity contribution in [2.24, 2.45) is 11.3 Å². The van der Waals surface area contributed by atoms with Crippen molar-refractivity contribution in [2.75, 3.05) is 19.6 Å². The number of nitrogens with one attached hydrogen (secondary N) is 2. The van der Waals surface area contributed by atoms with Gasteiger partial charge in [0.15, 0.2) is 0 Å². The van der Waals surface area contributed by atoms with Crippen molar-refractivity contribution in [3.8, 4) is 0 Å². The van der Waals surface area contributed by atoms with E-state index in [0.29, 0.717) is 24.5 Å². The van der Waals surface area contributed by atoms with Gasteiger partial charge in [-0.15, -0.1) is 0 Å². The van der Waals surface area contributed by atoms with E-state index in [1.165, 1.54) is 4.90 Å². The minimum absolute atomic E-state index is 0.0755. The van der Waals surface area contributed by atoms with Gasteiger partial charge in [0.1, 0.15) is 0 Å². The minimum atomic E-state index is -0.910. The summed E-state index contributed by atoms with van der Waals surface area (Å²) in [4.78, 5) is 37.2. The second-order valence-corrected chi connectivity index (χ2v) is 7.28. The summed E-state index contributed by atoms with van der Waals surface area (Å²) in [5, 5.41) is 15.3. The third-order valence-corrected chi connectivity index (χ3v) is 5.20. The third kappa shape index (κ3) is 4.66. The predicted octanol–water partition coefficient (Wildman–Crippen LogP) is 2.10. The smallest absolute Gasteiger partial charge is 0.315 e. The molecule has 0 saturated carbocycles. The molecule has 0 radical (unpaired) electrons. The van der Waals surface area contributed by atoms with Crippen LogP contribution in [0.5, 0.6) is 0 Å². The Morgan fingerprint density at radius 2 is 1.88 bits per heavy atom. The summed E-state index contributed by atoms with van der Waals surface area (Å²) < 4.78 is 0. The Bertz CT molecular complexity index is 678. The highest BCUT2D eigenvalue weighted by Gasteiger charge is 2.48. The number of hydrogen-bond acceptors (Lipinski definition) is 3. The molecule has 1 aromatic rings. The second kappa shape index (κ2) is 8.40. The lowest BCUT2D eigenvalue weighted by Gasteiger charge is -2.28. The van der Waals surface area contributed by atoms with E-state index in [0.717, 1.165) is 5.56 Å². The van der Waals surface area contributed by atoms with E-state index in [1.54, 1.807) is 24.3 Å². The maximum Gasteiger partial charge on any atom is 0.315 e. The number of hydrogen-bond donors (Lipinski definition) is 3. The Hall–Kier alpha value is -2.28. The third-order valence-electron chi connectivity index (χ3n) is 4.95. The molecule has 0 aliphatic carbocycles. The molecule has 3 N–H and O–H groups in total. The number of carboxylic acids is 1. The van der Waals surface area contributed by atoms with Gasteiger partial charge in [-0.2, -0.15) is 0 Å². The van der Waals surface area contributed by atoms with Crippen LogP contribution in [0.1, 0.15) is 25.8 Å². The minimum Gasteiger partial charge on any atom is -0.481 e. The fraction of sp³-hybridized carbons (Fsp3) is 0.500. The number of aliphatic carboxylic acids is 1. The first-order chi connectivity index (χ1) is 12.2. The zero-order valence-corrected chi connectivity index (χ0v) is 15.7. The average Bonchev–Trinajstić information content (AvgIpc) is 3.06. The number of carboxylic acid groups (broad SMARTS) is 1. The number of urea groups is 1. The maximum absolute atomic E-state index is 12.3. The van der Waals surface area contributed by atoms with Crippen molar-refractivity contribution >= 4 is 29.5 Å². The van der Waals surface area contributed by atoms with Gasteiger partial charge < -0.3 is 20.6 Å². The van der Waals surface area contributed by atoms with Gasteiger partial charge in [-0.05, 0) is 30.0 Å². The van der Waals surface area contributed by atoms with Crippen LogP contribution in [0.15, 0.2) is 24.3 Å². The largest absolute Gasteiger partial charge is 0.481 e. The average molecular weight is 382 g/mol. The van der Waals surface area contributed by atoms with Gasteiger partial charge in [-0.1, -0.05) is 37.6 Å². The Morgan fingerprint density at radius 3 is 2.42 bits per heavy atom. The fourth-order valence-corrected chi connectivity index (χ4v) is 3.18. The van der Waals surface area contributed by atoms with Crippen LogP contribution in [0.25, 0.3) is 0 Å². The van der Waals surface area contributed by atoms with E-state index in [9.17, 15) is 19.5 Å². The van der Waals surface area contributed by atoms with E-state index >= 15 is 0 Å². The Labute approximate surface area is 157 Å². The van der Waals surface area contributed by atoms with Gasteiger partial charge in [0, 0.05) is 24.7 Å². The number of amides is 3. The van der Waals surface area contributed by atoms with Crippen LogP contribution < -0.4 is 10.6 Å². The number of nitrogens with zero attached hydrogens (tertiary/aromatic N) is 1. The molecule has 1 aromatic carbocycles. The molecule has 1 atom stereocenters. The molecule has 0 aromatic heterocycles. The standard InChI is InChI=1S/C18H24ClN3O4/c1-12(2)18(16(24)25)7-8-22(11-18)15(23)10-21-17(26)20-9-13-3-5-14(19)6-4-13/h3-6,12H,7-11H2,1-2H3,(H,24,25)(H2,20,21,26). The molecule has 2 rings (SSSR count). The van der Waals surface area contributed by atoms with Crippen LogP contribution in [0.2, 0.25) is 5.02 Å². The first-order valence-corrected chi connectivity index (χ1v) is 8.90. The summed E-state index contributed by atoms with van der Waals surface area (Å²) >= 11 is 5.80. The Kier molecular flexibility index (Phi) is 6.47. The number of likely N-dealkylation sites (tertiary alicyclic amines) is 1. The number of halogens is 1. The van der Waals surface area contributed by atoms with Crippen LogP contribution in [0.3, 0.4) is 0 Å². The number of carbonyl (C=O) groups excluding carboxylic acids is 2. The zero-order chi connectivity index (χ0) is 19.3. The quantitative estimate of drug-likeness (QED) is 0.702. The summed E-state index contributed by atoms with van der Waals surface area (Å²) in [7, 11) is 0. The number of carbonyl (C=O) groups is 3. The molecule has 1 aliphatic heterocycles. The highest BCUT2D eigenvalue weighted by molar-refractivity contribution is 6.30. The van der Waals surface area contributed by atoms with Gasteiger partial charge in [0.2, 0.25) is 5.91 Å². The summed E-state index contributed by atoms with van der Waals surface area (Å²) in [5.74, 6) is -1.24. The summed E-state index contributed by atoms with van der Waals surface area (Å²) in [6.45, 7) is 4.41. The van der Waals surface area contributed by atoms with Crippen molar-refractivity contribution in [3.63, 3.8) is 0 Å². The van der Waals surface area contributed by atoms with Crippen LogP contribution in [-0.2, 0) is 16.1 Å². The first kappa shape index (κ1) is 20.0. The molecule has 0 spiro atoms. The molecular formula is C18H24ClN3O4. The van der Waals surface area contributed by atoms with Gasteiger partial charge in [0.05, 0.1) is 12.0 Å². The number of benzene rings is 1. The molecule has 3 amide bonds. The predicted molar refractivity (Wildman–Crippen MR) is 97.8 cm³/mol. The molecule has 1 aliphatic rings. The van der Waals surface area contributed by atoms with Crippen molar-refractivity contribution < 1.29 is 19.5 Å². The van der Waals surface area contributed by atoms with Gasteiger partial charge in [0.25, 0.3) is 0 Å². The Balaban J connectivity index is 1.78. The van der Waals surface area contributed by atoms with Crippen LogP contribution in [0, 0.1) is 11.3 Å². The molecular weight excluding hydrogens is 358 g/mol. The van der Waals surface area contributed by atoms with Crippen molar-refractivity contribution in [1.82, 2.24) is 15.5 Å². The molecule has 1 unspecified atom stereocenters. The molecule has 142 valence electrons. The number of rotatable bonds is 6. The molecule has 8 heteroatoms. The second-order valence-electron chi connectivity index (χ2n) is 6.84. The highest BCUT2D eigenvalue weighted by atomic mass is 35.5. The van der Waals surface area contributed by atoms with Crippen LogP contribution in [-0.4, -0.2) is 47.5 Å². The lowest BCUT2D eigenvalue weighted by Crippen LogP contribution is -2.45. The van der Waals surface area contributed by atoms with Crippen molar-refractivity contribution in [2.45, 2.75) is 26.8 Å². The van der Waals surface area contributed by atoms with Gasteiger partial charge in [-0.25, -0.2) is 4.79 Å². The summed E-state index contributed by atoms with van der Waals surface area (Å²) in [6.07, 6.45) is 0.425. The topological polar surface area (TPSA) is 98.7 Å². The molecule has 1 fully saturated rings. The van der Waals surface area contributed by atoms with Gasteiger partial charge in [-0.3, -0.25) is 9.59 Å². The molecule has 26 heavy (non-hydrogen) atoms. The zero-order valence-electron chi connectivity index (χ0n) is 14.9. The summed E-state index contributed by atoms with van der Waals surface area (Å²) in [6, 6.07) is 6.61. The van der Waals surface area contributed by atoms with Crippen molar-refractivity contribution in [3.05, 3.63) is 34.9 Å². The molecule has 1 saturated heterocycles. The van der Waals surface area contributed by atoms with Gasteiger partial charge >= 0.3 is 12.0 Å². The van der Waals surface area contributed by atoms with E-state index in [2.05, 4.69) is 10.6 Å². The normalized spacial score (nSPS) is 19.5. The van der Waals surface area contributed by atoms with E-state index < -0.39 is 17.4 Å². The summed E-state index contributed by atoms with van der Waals surface area (Å²) in [5.41, 5.74) is -0.0226. The molecule has 1 heterocycles. The lowest BCUT2D eigenvalue weighted by atomic mass is 9.76.